The summed E-state index contributed by atoms with van der Waals surface area (Å²) in [6.07, 6.45) is 0. The van der Waals surface area contributed by atoms with Crippen LogP contribution in [0.15, 0.2) is 22.7 Å². The lowest BCUT2D eigenvalue weighted by Gasteiger charge is -2.21. The number of carbonyl (C=O) groups is 1. The number of rotatable bonds is 4. The molecule has 1 unspecified atom stereocenters. The molecule has 0 fully saturated rings. The molecule has 2 aromatic rings. The summed E-state index contributed by atoms with van der Waals surface area (Å²) >= 11 is 4.82. The Bertz CT molecular complexity index is 720. The van der Waals surface area contributed by atoms with Crippen molar-refractivity contribution in [1.82, 2.24) is 4.90 Å². The average Bonchev–Trinajstić information content (AvgIpc) is 2.80. The van der Waals surface area contributed by atoms with Crippen LogP contribution in [-0.4, -0.2) is 23.9 Å². The van der Waals surface area contributed by atoms with Crippen molar-refractivity contribution in [2.45, 2.75) is 13.8 Å². The first kappa shape index (κ1) is 15.8. The van der Waals surface area contributed by atoms with Gasteiger partial charge in [-0.2, -0.15) is 5.26 Å². The molecule has 0 radical (unpaired) electrons. The summed E-state index contributed by atoms with van der Waals surface area (Å²) < 4.78 is 1.94. The number of halogens is 1. The monoisotopic (exact) mass is 365 g/mol. The van der Waals surface area contributed by atoms with E-state index in [0.29, 0.717) is 23.7 Å². The second kappa shape index (κ2) is 6.46. The van der Waals surface area contributed by atoms with Gasteiger partial charge in [0.25, 0.3) is 5.91 Å². The Balaban J connectivity index is 2.38. The lowest BCUT2D eigenvalue weighted by Crippen LogP contribution is -2.34. The van der Waals surface area contributed by atoms with Gasteiger partial charge in [0.1, 0.15) is 4.88 Å². The van der Waals surface area contributed by atoms with Crippen LogP contribution in [0.3, 0.4) is 0 Å². The van der Waals surface area contributed by atoms with Crippen LogP contribution in [0.1, 0.15) is 23.5 Å². The fraction of sp³-hybridized carbons (Fsp3) is 0.333. The minimum absolute atomic E-state index is 0.102. The Labute approximate surface area is 136 Å². The SMILES string of the molecule is CCN(CC(C)C#N)C(=O)c1sc2cc(Br)ccc2c1N. The van der Waals surface area contributed by atoms with E-state index in [1.807, 2.05) is 25.1 Å². The number of amides is 1. The zero-order valence-corrected chi connectivity index (χ0v) is 14.3. The molecule has 2 rings (SSSR count). The second-order valence-electron chi connectivity index (χ2n) is 4.86. The molecule has 0 saturated heterocycles. The number of benzene rings is 1. The predicted molar refractivity (Wildman–Crippen MR) is 90.3 cm³/mol. The van der Waals surface area contributed by atoms with Crippen molar-refractivity contribution < 1.29 is 4.79 Å². The normalized spacial score (nSPS) is 12.1. The molecule has 2 N–H and O–H groups in total. The summed E-state index contributed by atoms with van der Waals surface area (Å²) in [6, 6.07) is 7.94. The quantitative estimate of drug-likeness (QED) is 0.893. The van der Waals surface area contributed by atoms with Crippen molar-refractivity contribution in [3.63, 3.8) is 0 Å². The standard InChI is InChI=1S/C15H16BrN3OS/c1-3-19(8-9(2)7-17)15(20)14-13(18)11-5-4-10(16)6-12(11)21-14/h4-6,9H,3,8,18H2,1-2H3. The molecule has 1 aromatic heterocycles. The molecular formula is C15H16BrN3OS. The van der Waals surface area contributed by atoms with Crippen molar-refractivity contribution in [2.75, 3.05) is 18.8 Å². The Morgan fingerprint density at radius 3 is 2.90 bits per heavy atom. The number of hydrogen-bond donors (Lipinski definition) is 1. The maximum absolute atomic E-state index is 12.6. The van der Waals surface area contributed by atoms with Crippen LogP contribution < -0.4 is 5.73 Å². The van der Waals surface area contributed by atoms with E-state index in [2.05, 4.69) is 22.0 Å². The Morgan fingerprint density at radius 2 is 2.29 bits per heavy atom. The number of thiophene rings is 1. The van der Waals surface area contributed by atoms with E-state index in [1.54, 1.807) is 11.8 Å². The van der Waals surface area contributed by atoms with Crippen molar-refractivity contribution in [3.8, 4) is 6.07 Å². The van der Waals surface area contributed by atoms with Gasteiger partial charge in [-0.25, -0.2) is 0 Å². The van der Waals surface area contributed by atoms with E-state index >= 15 is 0 Å². The van der Waals surface area contributed by atoms with E-state index in [9.17, 15) is 4.79 Å². The molecule has 1 amide bonds. The summed E-state index contributed by atoms with van der Waals surface area (Å²) in [5.41, 5.74) is 6.65. The first-order valence-electron chi connectivity index (χ1n) is 6.64. The summed E-state index contributed by atoms with van der Waals surface area (Å²) in [5, 5.41) is 9.81. The smallest absolute Gasteiger partial charge is 0.266 e. The lowest BCUT2D eigenvalue weighted by molar-refractivity contribution is 0.0758. The first-order chi connectivity index (χ1) is 9.97. The molecule has 4 nitrogen and oxygen atoms in total. The third kappa shape index (κ3) is 3.20. The van der Waals surface area contributed by atoms with Gasteiger partial charge < -0.3 is 10.6 Å². The third-order valence-corrected chi connectivity index (χ3v) is 4.92. The highest BCUT2D eigenvalue weighted by Gasteiger charge is 2.22. The van der Waals surface area contributed by atoms with Crippen LogP contribution in [0.25, 0.3) is 10.1 Å². The molecular weight excluding hydrogens is 350 g/mol. The minimum atomic E-state index is -0.196. The molecule has 1 heterocycles. The minimum Gasteiger partial charge on any atom is -0.397 e. The van der Waals surface area contributed by atoms with E-state index in [0.717, 1.165) is 14.6 Å². The zero-order chi connectivity index (χ0) is 15.6. The van der Waals surface area contributed by atoms with Gasteiger partial charge in [-0.15, -0.1) is 11.3 Å². The van der Waals surface area contributed by atoms with Crippen molar-refractivity contribution >= 4 is 48.9 Å². The number of fused-ring (bicyclic) bond motifs is 1. The maximum Gasteiger partial charge on any atom is 0.266 e. The largest absolute Gasteiger partial charge is 0.397 e. The fourth-order valence-corrected chi connectivity index (χ4v) is 3.76. The topological polar surface area (TPSA) is 70.1 Å². The number of nitriles is 1. The third-order valence-electron chi connectivity index (χ3n) is 3.27. The van der Waals surface area contributed by atoms with Gasteiger partial charge in [-0.3, -0.25) is 4.79 Å². The summed E-state index contributed by atoms with van der Waals surface area (Å²) in [5.74, 6) is -0.298. The molecule has 1 aromatic carbocycles. The Kier molecular flexibility index (Phi) is 4.86. The first-order valence-corrected chi connectivity index (χ1v) is 8.25. The number of hydrogen-bond acceptors (Lipinski definition) is 4. The van der Waals surface area contributed by atoms with Gasteiger partial charge in [0.2, 0.25) is 0 Å². The molecule has 21 heavy (non-hydrogen) atoms. The predicted octanol–water partition coefficient (Wildman–Crippen LogP) is 3.87. The zero-order valence-electron chi connectivity index (χ0n) is 11.9. The lowest BCUT2D eigenvalue weighted by atomic mass is 10.2. The van der Waals surface area contributed by atoms with Crippen LogP contribution in [0.4, 0.5) is 5.69 Å². The summed E-state index contributed by atoms with van der Waals surface area (Å²) in [6.45, 7) is 4.69. The molecule has 0 aliphatic rings. The van der Waals surface area contributed by atoms with Gasteiger partial charge in [0.05, 0.1) is 17.7 Å². The average molecular weight is 366 g/mol. The molecule has 0 aliphatic heterocycles. The highest BCUT2D eigenvalue weighted by molar-refractivity contribution is 9.10. The Hall–Kier alpha value is -1.58. The molecule has 0 saturated carbocycles. The van der Waals surface area contributed by atoms with Gasteiger partial charge in [-0.1, -0.05) is 22.0 Å². The van der Waals surface area contributed by atoms with Gasteiger partial charge >= 0.3 is 0 Å². The van der Waals surface area contributed by atoms with Gasteiger partial charge in [0, 0.05) is 27.6 Å². The van der Waals surface area contributed by atoms with Crippen LogP contribution in [0.5, 0.6) is 0 Å². The second-order valence-corrected chi connectivity index (χ2v) is 6.83. The van der Waals surface area contributed by atoms with E-state index in [1.165, 1.54) is 11.3 Å². The summed E-state index contributed by atoms with van der Waals surface area (Å²) in [7, 11) is 0. The van der Waals surface area contributed by atoms with Crippen molar-refractivity contribution in [2.24, 2.45) is 5.92 Å². The highest BCUT2D eigenvalue weighted by Crippen LogP contribution is 2.36. The van der Waals surface area contributed by atoms with E-state index in [4.69, 9.17) is 11.0 Å². The molecule has 6 heteroatoms. The summed E-state index contributed by atoms with van der Waals surface area (Å²) in [4.78, 5) is 14.9. The molecule has 0 aliphatic carbocycles. The fourth-order valence-electron chi connectivity index (χ4n) is 2.12. The molecule has 110 valence electrons. The van der Waals surface area contributed by atoms with Gasteiger partial charge in [0.15, 0.2) is 0 Å². The number of nitrogens with two attached hydrogens (primary N) is 1. The maximum atomic E-state index is 12.6. The number of nitrogen functional groups attached to an aromatic ring is 1. The van der Waals surface area contributed by atoms with Crippen LogP contribution in [0.2, 0.25) is 0 Å². The van der Waals surface area contributed by atoms with Gasteiger partial charge in [-0.05, 0) is 26.0 Å². The Morgan fingerprint density at radius 1 is 1.57 bits per heavy atom. The molecule has 0 spiro atoms. The van der Waals surface area contributed by atoms with Crippen LogP contribution in [-0.2, 0) is 0 Å². The number of anilines is 1. The van der Waals surface area contributed by atoms with E-state index < -0.39 is 0 Å². The highest BCUT2D eigenvalue weighted by atomic mass is 79.9. The number of nitrogens with zero attached hydrogens (tertiary/aromatic N) is 2. The molecule has 1 atom stereocenters. The van der Waals surface area contributed by atoms with Crippen LogP contribution >= 0.6 is 27.3 Å². The van der Waals surface area contributed by atoms with E-state index in [-0.39, 0.29) is 11.8 Å². The van der Waals surface area contributed by atoms with Crippen LogP contribution in [0, 0.1) is 17.2 Å². The van der Waals surface area contributed by atoms with Crippen molar-refractivity contribution in [1.29, 1.82) is 5.26 Å². The number of carbonyl (C=O) groups excluding carboxylic acids is 1. The van der Waals surface area contributed by atoms with Crippen molar-refractivity contribution in [3.05, 3.63) is 27.5 Å². The molecule has 0 bridgehead atoms.